The molecule has 166 valence electrons. The fraction of sp³-hybridized carbons (Fsp3) is 0.636. The maximum absolute atomic E-state index is 11.9. The minimum atomic E-state index is -0.185. The lowest BCUT2D eigenvalue weighted by atomic mass is 9.87. The van der Waals surface area contributed by atoms with Crippen LogP contribution in [0.5, 0.6) is 5.75 Å². The maximum Gasteiger partial charge on any atom is 0.305 e. The van der Waals surface area contributed by atoms with Crippen molar-refractivity contribution in [1.29, 1.82) is 0 Å². The number of carbonyl (C=O) groups excluding carboxylic acids is 1. The van der Waals surface area contributed by atoms with Gasteiger partial charge in [-0.1, -0.05) is 30.8 Å². The van der Waals surface area contributed by atoms with Crippen LogP contribution >= 0.6 is 11.8 Å². The van der Waals surface area contributed by atoms with Gasteiger partial charge in [-0.25, -0.2) is 0 Å². The van der Waals surface area contributed by atoms with Gasteiger partial charge in [-0.15, -0.1) is 0 Å². The number of esters is 1. The average Bonchev–Trinajstić information content (AvgIpc) is 3.16. The molecule has 2 aliphatic rings. The molecule has 0 aliphatic carbocycles. The molecule has 3 rings (SSSR count). The minimum Gasteiger partial charge on any atom is -0.497 e. The van der Waals surface area contributed by atoms with Gasteiger partial charge in [0.15, 0.2) is 5.17 Å². The molecule has 0 spiro atoms. The molecular formula is C22H32N2O5S. The molecule has 0 amide bonds. The molecule has 0 saturated carbocycles. The summed E-state index contributed by atoms with van der Waals surface area (Å²) in [5.41, 5.74) is 0.975. The van der Waals surface area contributed by atoms with Crippen LogP contribution in [0.4, 0.5) is 0 Å². The normalized spacial score (nSPS) is 27.9. The van der Waals surface area contributed by atoms with Crippen LogP contribution in [0.25, 0.3) is 0 Å². The topological polar surface area (TPSA) is 69.6 Å². The molecule has 0 unspecified atom stereocenters. The number of carbonyl (C=O) groups is 1. The third kappa shape index (κ3) is 5.47. The van der Waals surface area contributed by atoms with Crippen molar-refractivity contribution in [2.45, 2.75) is 57.0 Å². The second kappa shape index (κ2) is 10.5. The number of amidine groups is 1. The lowest BCUT2D eigenvalue weighted by Crippen LogP contribution is -2.51. The number of ether oxygens (including phenoxy) is 4. The van der Waals surface area contributed by atoms with Crippen LogP contribution in [0.1, 0.15) is 32.3 Å². The Kier molecular flexibility index (Phi) is 8.02. The van der Waals surface area contributed by atoms with E-state index in [0.29, 0.717) is 26.1 Å². The first-order valence-corrected chi connectivity index (χ1v) is 11.3. The molecule has 5 atom stereocenters. The third-order valence-electron chi connectivity index (χ3n) is 5.43. The summed E-state index contributed by atoms with van der Waals surface area (Å²) in [6, 6.07) is 7.82. The second-order valence-corrected chi connectivity index (χ2v) is 8.85. The molecule has 2 heterocycles. The molecule has 1 saturated heterocycles. The summed E-state index contributed by atoms with van der Waals surface area (Å²) in [5.74, 6) is 0.741. The van der Waals surface area contributed by atoms with Gasteiger partial charge in [0.2, 0.25) is 0 Å². The minimum absolute atomic E-state index is 0.0699. The highest BCUT2D eigenvalue weighted by molar-refractivity contribution is 8.14. The lowest BCUT2D eigenvalue weighted by Gasteiger charge is -2.41. The van der Waals surface area contributed by atoms with Crippen LogP contribution < -0.4 is 4.74 Å². The van der Waals surface area contributed by atoms with Gasteiger partial charge >= 0.3 is 5.97 Å². The maximum atomic E-state index is 11.9. The Morgan fingerprint density at radius 2 is 2.00 bits per heavy atom. The number of hydrogen-bond donors (Lipinski definition) is 0. The zero-order chi connectivity index (χ0) is 21.7. The van der Waals surface area contributed by atoms with E-state index < -0.39 is 0 Å². The van der Waals surface area contributed by atoms with E-state index in [2.05, 4.69) is 6.92 Å². The highest BCUT2D eigenvalue weighted by Crippen LogP contribution is 2.41. The summed E-state index contributed by atoms with van der Waals surface area (Å²) < 4.78 is 23.1. The molecule has 0 N–H and O–H groups in total. The van der Waals surface area contributed by atoms with Crippen LogP contribution in [0.2, 0.25) is 0 Å². The monoisotopic (exact) mass is 436 g/mol. The van der Waals surface area contributed by atoms with Crippen molar-refractivity contribution < 1.29 is 23.7 Å². The summed E-state index contributed by atoms with van der Waals surface area (Å²) in [7, 11) is 5.62. The molecule has 1 fully saturated rings. The van der Waals surface area contributed by atoms with Crippen LogP contribution in [0.15, 0.2) is 29.3 Å². The van der Waals surface area contributed by atoms with E-state index in [1.807, 2.05) is 50.2 Å². The van der Waals surface area contributed by atoms with Crippen molar-refractivity contribution in [1.82, 2.24) is 4.90 Å². The summed E-state index contributed by atoms with van der Waals surface area (Å²) in [6.07, 6.45) is 0.782. The molecule has 1 aromatic carbocycles. The molecule has 0 bridgehead atoms. The summed E-state index contributed by atoms with van der Waals surface area (Å²) in [5, 5.41) is 0.946. The van der Waals surface area contributed by atoms with E-state index in [4.69, 9.17) is 23.9 Å². The standard InChI is InChI=1S/C22H32N2O5S/c1-6-27-18(25)12-11-17-14(2)20(19-21(29-17)30-22(23-19)24(3)4)28-13-15-7-9-16(26-5)10-8-15/h7-10,14,17,19-21H,6,11-13H2,1-5H3/t14-,17-,19-,20+,21-/m1/s1. The van der Waals surface area contributed by atoms with Gasteiger partial charge in [0, 0.05) is 26.4 Å². The summed E-state index contributed by atoms with van der Waals surface area (Å²) in [4.78, 5) is 18.7. The van der Waals surface area contributed by atoms with Crippen molar-refractivity contribution in [3.8, 4) is 5.75 Å². The Morgan fingerprint density at radius 3 is 2.63 bits per heavy atom. The number of thioether (sulfide) groups is 1. The molecule has 2 aliphatic heterocycles. The van der Waals surface area contributed by atoms with E-state index in [9.17, 15) is 4.79 Å². The number of benzene rings is 1. The van der Waals surface area contributed by atoms with Gasteiger partial charge in [0.25, 0.3) is 0 Å². The van der Waals surface area contributed by atoms with Crippen LogP contribution in [0, 0.1) is 5.92 Å². The number of rotatable bonds is 8. The molecule has 0 aromatic heterocycles. The van der Waals surface area contributed by atoms with Crippen molar-refractivity contribution >= 4 is 22.9 Å². The Labute approximate surface area is 183 Å². The predicted molar refractivity (Wildman–Crippen MR) is 118 cm³/mol. The summed E-state index contributed by atoms with van der Waals surface area (Å²) in [6.45, 7) is 4.83. The van der Waals surface area contributed by atoms with Crippen molar-refractivity contribution in [2.24, 2.45) is 10.9 Å². The molecule has 30 heavy (non-hydrogen) atoms. The fourth-order valence-electron chi connectivity index (χ4n) is 3.76. The molecule has 8 heteroatoms. The van der Waals surface area contributed by atoms with Crippen molar-refractivity contribution in [3.63, 3.8) is 0 Å². The highest BCUT2D eigenvalue weighted by atomic mass is 32.2. The van der Waals surface area contributed by atoms with Gasteiger partial charge in [-0.3, -0.25) is 9.79 Å². The van der Waals surface area contributed by atoms with Gasteiger partial charge in [0.05, 0.1) is 32.5 Å². The fourth-order valence-corrected chi connectivity index (χ4v) is 4.91. The Balaban J connectivity index is 1.70. The number of fused-ring (bicyclic) bond motifs is 1. The first-order chi connectivity index (χ1) is 14.4. The Hall–Kier alpha value is -1.77. The zero-order valence-corrected chi connectivity index (χ0v) is 19.2. The number of aliphatic imine (C=N–C) groups is 1. The van der Waals surface area contributed by atoms with Gasteiger partial charge < -0.3 is 23.8 Å². The quantitative estimate of drug-likeness (QED) is 0.579. The smallest absolute Gasteiger partial charge is 0.305 e. The van der Waals surface area contributed by atoms with Gasteiger partial charge in [-0.05, 0) is 31.0 Å². The average molecular weight is 437 g/mol. The molecule has 7 nitrogen and oxygen atoms in total. The Bertz CT molecular complexity index is 740. The lowest BCUT2D eigenvalue weighted by molar-refractivity contribution is -0.151. The molecule has 1 aromatic rings. The summed E-state index contributed by atoms with van der Waals surface area (Å²) >= 11 is 1.62. The van der Waals surface area contributed by atoms with E-state index in [0.717, 1.165) is 16.5 Å². The van der Waals surface area contributed by atoms with Crippen LogP contribution in [-0.2, 0) is 25.6 Å². The second-order valence-electron chi connectivity index (χ2n) is 7.78. The van der Waals surface area contributed by atoms with Crippen molar-refractivity contribution in [3.05, 3.63) is 29.8 Å². The largest absolute Gasteiger partial charge is 0.497 e. The van der Waals surface area contributed by atoms with Gasteiger partial charge in [-0.2, -0.15) is 0 Å². The highest BCUT2D eigenvalue weighted by Gasteiger charge is 2.48. The first-order valence-electron chi connectivity index (χ1n) is 10.4. The van der Waals surface area contributed by atoms with E-state index in [1.54, 1.807) is 18.9 Å². The van der Waals surface area contributed by atoms with Crippen molar-refractivity contribution in [2.75, 3.05) is 27.8 Å². The number of hydrogen-bond acceptors (Lipinski definition) is 8. The van der Waals surface area contributed by atoms with Crippen LogP contribution in [0.3, 0.4) is 0 Å². The van der Waals surface area contributed by atoms with Crippen LogP contribution in [-0.4, -0.2) is 67.5 Å². The van der Waals surface area contributed by atoms with E-state index >= 15 is 0 Å². The van der Waals surface area contributed by atoms with E-state index in [1.165, 1.54) is 0 Å². The number of methoxy groups -OCH3 is 1. The molecular weight excluding hydrogens is 404 g/mol. The van der Waals surface area contributed by atoms with Gasteiger partial charge in [0.1, 0.15) is 17.2 Å². The predicted octanol–water partition coefficient (Wildman–Crippen LogP) is 3.32. The number of nitrogens with zero attached hydrogens (tertiary/aromatic N) is 2. The zero-order valence-electron chi connectivity index (χ0n) is 18.4. The van der Waals surface area contributed by atoms with E-state index in [-0.39, 0.29) is 35.6 Å². The molecule has 0 radical (unpaired) electrons. The SMILES string of the molecule is CCOC(=O)CC[C@H]1O[C@@H]2SC(N(C)C)=N[C@@H]2[C@@H](OCc2ccc(OC)cc2)[C@@H]1C. The Morgan fingerprint density at radius 1 is 1.27 bits per heavy atom. The first kappa shape index (κ1) is 22.9. The third-order valence-corrected chi connectivity index (χ3v) is 6.74.